The van der Waals surface area contributed by atoms with E-state index in [-0.39, 0.29) is 5.91 Å². The van der Waals surface area contributed by atoms with Crippen LogP contribution < -0.4 is 11.1 Å². The van der Waals surface area contributed by atoms with Gasteiger partial charge in [-0.15, -0.1) is 11.3 Å². The largest absolute Gasteiger partial charge is 0.397 e. The van der Waals surface area contributed by atoms with Crippen molar-refractivity contribution in [3.63, 3.8) is 0 Å². The van der Waals surface area contributed by atoms with Crippen molar-refractivity contribution in [3.8, 4) is 0 Å². The van der Waals surface area contributed by atoms with Crippen molar-refractivity contribution < 1.29 is 4.79 Å². The van der Waals surface area contributed by atoms with E-state index >= 15 is 0 Å². The van der Waals surface area contributed by atoms with Crippen LogP contribution in [-0.2, 0) is 12.8 Å². The van der Waals surface area contributed by atoms with Gasteiger partial charge >= 0.3 is 0 Å². The first-order valence-electron chi connectivity index (χ1n) is 7.39. The number of nitrogen functional groups attached to an aromatic ring is 1. The average Bonchev–Trinajstić information content (AvgIpc) is 3.12. The Labute approximate surface area is 145 Å². The van der Waals surface area contributed by atoms with Gasteiger partial charge in [-0.3, -0.25) is 4.79 Å². The predicted octanol–water partition coefficient (Wildman–Crippen LogP) is 4.38. The molecule has 3 N–H and O–H groups in total. The van der Waals surface area contributed by atoms with Gasteiger partial charge < -0.3 is 11.1 Å². The van der Waals surface area contributed by atoms with Gasteiger partial charge in [0.15, 0.2) is 0 Å². The smallest absolute Gasteiger partial charge is 0.267 e. The lowest BCUT2D eigenvalue weighted by Gasteiger charge is -2.04. The number of anilines is 2. The van der Waals surface area contributed by atoms with Gasteiger partial charge in [0, 0.05) is 21.2 Å². The number of carbonyl (C=O) groups is 1. The van der Waals surface area contributed by atoms with E-state index in [0.717, 1.165) is 45.3 Å². The molecule has 4 nitrogen and oxygen atoms in total. The monoisotopic (exact) mass is 387 g/mol. The zero-order valence-corrected chi connectivity index (χ0v) is 14.6. The number of amides is 1. The number of halogens is 1. The van der Waals surface area contributed by atoms with Crippen LogP contribution in [0.4, 0.5) is 11.4 Å². The summed E-state index contributed by atoms with van der Waals surface area (Å²) in [6.07, 6.45) is 3.22. The Morgan fingerprint density at radius 2 is 2.04 bits per heavy atom. The summed E-state index contributed by atoms with van der Waals surface area (Å²) in [4.78, 5) is 18.6. The normalized spacial score (nSPS) is 13.3. The molecule has 1 aliphatic rings. The van der Waals surface area contributed by atoms with Crippen molar-refractivity contribution in [1.82, 2.24) is 4.98 Å². The maximum Gasteiger partial charge on any atom is 0.267 e. The summed E-state index contributed by atoms with van der Waals surface area (Å²) in [6.45, 7) is 0. The van der Waals surface area contributed by atoms with E-state index in [1.807, 2.05) is 24.3 Å². The summed E-state index contributed by atoms with van der Waals surface area (Å²) in [5.74, 6) is -0.187. The van der Waals surface area contributed by atoms with Gasteiger partial charge in [0.25, 0.3) is 5.91 Å². The zero-order chi connectivity index (χ0) is 16.0. The van der Waals surface area contributed by atoms with Crippen LogP contribution in [0.25, 0.3) is 10.2 Å². The van der Waals surface area contributed by atoms with E-state index in [2.05, 4.69) is 27.3 Å². The molecular formula is C17H14BrN3OS. The lowest BCUT2D eigenvalue weighted by molar-refractivity contribution is 0.103. The fraction of sp³-hybridized carbons (Fsp3) is 0.176. The molecule has 6 heteroatoms. The Hall–Kier alpha value is -1.92. The van der Waals surface area contributed by atoms with E-state index in [0.29, 0.717) is 10.6 Å². The number of aryl methyl sites for hydroxylation is 2. The van der Waals surface area contributed by atoms with Crippen molar-refractivity contribution in [2.24, 2.45) is 0 Å². The van der Waals surface area contributed by atoms with E-state index < -0.39 is 0 Å². The van der Waals surface area contributed by atoms with Gasteiger partial charge in [-0.1, -0.05) is 15.9 Å². The fourth-order valence-electron chi connectivity index (χ4n) is 2.89. The molecule has 0 atom stereocenters. The molecule has 0 aliphatic heterocycles. The van der Waals surface area contributed by atoms with Gasteiger partial charge in [-0.25, -0.2) is 4.98 Å². The van der Waals surface area contributed by atoms with E-state index in [4.69, 9.17) is 10.7 Å². The quantitative estimate of drug-likeness (QED) is 0.685. The first kappa shape index (κ1) is 14.7. The molecule has 0 bridgehead atoms. The number of nitrogens with one attached hydrogen (secondary N) is 1. The SMILES string of the molecule is Nc1c(C(=O)Nc2ccc(Br)cc2)sc2nc3c(cc12)CCC3. The molecule has 1 aliphatic carbocycles. The highest BCUT2D eigenvalue weighted by Crippen LogP contribution is 2.36. The van der Waals surface area contributed by atoms with Crippen LogP contribution in [-0.4, -0.2) is 10.9 Å². The van der Waals surface area contributed by atoms with Gasteiger partial charge in [0.1, 0.15) is 9.71 Å². The second kappa shape index (κ2) is 5.62. The minimum absolute atomic E-state index is 0.187. The Morgan fingerprint density at radius 1 is 1.26 bits per heavy atom. The lowest BCUT2D eigenvalue weighted by atomic mass is 10.1. The number of hydrogen-bond acceptors (Lipinski definition) is 4. The predicted molar refractivity (Wildman–Crippen MR) is 98.2 cm³/mol. The number of thiophene rings is 1. The molecule has 0 radical (unpaired) electrons. The molecule has 23 heavy (non-hydrogen) atoms. The summed E-state index contributed by atoms with van der Waals surface area (Å²) in [7, 11) is 0. The standard InChI is InChI=1S/C17H14BrN3OS/c18-10-4-6-11(7-5-10)20-16(22)15-14(19)12-8-9-2-1-3-13(9)21-17(12)23-15/h4-8H,1-3,19H2,(H,20,22). The maximum absolute atomic E-state index is 12.5. The number of nitrogens with two attached hydrogens (primary N) is 1. The fourth-order valence-corrected chi connectivity index (χ4v) is 4.14. The number of pyridine rings is 1. The third kappa shape index (κ3) is 2.62. The molecule has 2 heterocycles. The highest BCUT2D eigenvalue weighted by atomic mass is 79.9. The van der Waals surface area contributed by atoms with E-state index in [1.165, 1.54) is 16.9 Å². The van der Waals surface area contributed by atoms with Crippen LogP contribution in [0, 0.1) is 0 Å². The number of rotatable bonds is 2. The topological polar surface area (TPSA) is 68.0 Å². The highest BCUT2D eigenvalue weighted by Gasteiger charge is 2.21. The molecule has 116 valence electrons. The number of carbonyl (C=O) groups excluding carboxylic acids is 1. The number of nitrogens with zero attached hydrogens (tertiary/aromatic N) is 1. The second-order valence-corrected chi connectivity index (χ2v) is 7.52. The first-order chi connectivity index (χ1) is 11.1. The van der Waals surface area contributed by atoms with E-state index in [9.17, 15) is 4.79 Å². The summed E-state index contributed by atoms with van der Waals surface area (Å²) in [5, 5.41) is 3.79. The number of hydrogen-bond donors (Lipinski definition) is 2. The van der Waals surface area contributed by atoms with Crippen LogP contribution in [0.2, 0.25) is 0 Å². The lowest BCUT2D eigenvalue weighted by Crippen LogP contribution is -2.11. The third-order valence-corrected chi connectivity index (χ3v) is 5.70. The van der Waals surface area contributed by atoms with Crippen LogP contribution in [0.15, 0.2) is 34.8 Å². The summed E-state index contributed by atoms with van der Waals surface area (Å²) in [5.41, 5.74) is 9.90. The Morgan fingerprint density at radius 3 is 2.83 bits per heavy atom. The van der Waals surface area contributed by atoms with Gasteiger partial charge in [-0.2, -0.15) is 0 Å². The van der Waals surface area contributed by atoms with Crippen LogP contribution in [0.5, 0.6) is 0 Å². The molecule has 0 fully saturated rings. The minimum atomic E-state index is -0.187. The van der Waals surface area contributed by atoms with Gasteiger partial charge in [0.2, 0.25) is 0 Å². The summed E-state index contributed by atoms with van der Waals surface area (Å²) in [6, 6.07) is 9.56. The Kier molecular flexibility index (Phi) is 3.58. The van der Waals surface area contributed by atoms with Crippen LogP contribution in [0.1, 0.15) is 27.3 Å². The molecular weight excluding hydrogens is 374 g/mol. The van der Waals surface area contributed by atoms with Gasteiger partial charge in [0.05, 0.1) is 5.69 Å². The third-order valence-electron chi connectivity index (χ3n) is 4.06. The van der Waals surface area contributed by atoms with Crippen molar-refractivity contribution in [2.75, 3.05) is 11.1 Å². The van der Waals surface area contributed by atoms with Crippen molar-refractivity contribution in [1.29, 1.82) is 0 Å². The summed E-state index contributed by atoms with van der Waals surface area (Å²) < 4.78 is 0.968. The number of fused-ring (bicyclic) bond motifs is 2. The molecule has 0 saturated carbocycles. The van der Waals surface area contributed by atoms with Crippen molar-refractivity contribution in [2.45, 2.75) is 19.3 Å². The van der Waals surface area contributed by atoms with Crippen LogP contribution >= 0.6 is 27.3 Å². The molecule has 1 amide bonds. The van der Waals surface area contributed by atoms with Crippen molar-refractivity contribution in [3.05, 3.63) is 50.9 Å². The maximum atomic E-state index is 12.5. The highest BCUT2D eigenvalue weighted by molar-refractivity contribution is 9.10. The average molecular weight is 388 g/mol. The first-order valence-corrected chi connectivity index (χ1v) is 9.00. The molecule has 2 aromatic heterocycles. The number of benzene rings is 1. The second-order valence-electron chi connectivity index (χ2n) is 5.61. The molecule has 3 aromatic rings. The van der Waals surface area contributed by atoms with Gasteiger partial charge in [-0.05, 0) is 55.2 Å². The summed E-state index contributed by atoms with van der Waals surface area (Å²) >= 11 is 4.74. The molecule has 4 rings (SSSR count). The zero-order valence-electron chi connectivity index (χ0n) is 12.2. The molecule has 0 spiro atoms. The molecule has 0 saturated heterocycles. The van der Waals surface area contributed by atoms with Crippen molar-refractivity contribution >= 4 is 54.8 Å². The van der Waals surface area contributed by atoms with E-state index in [1.54, 1.807) is 0 Å². The van der Waals surface area contributed by atoms with Crippen LogP contribution in [0.3, 0.4) is 0 Å². The Balaban J connectivity index is 1.69. The number of aromatic nitrogens is 1. The minimum Gasteiger partial charge on any atom is -0.397 e. The molecule has 0 unspecified atom stereocenters. The molecule has 1 aromatic carbocycles. The Bertz CT molecular complexity index is 918.